The third-order valence-corrected chi connectivity index (χ3v) is 4.62. The van der Waals surface area contributed by atoms with Crippen molar-refractivity contribution in [2.24, 2.45) is 0 Å². The number of nitrogens with zero attached hydrogens (tertiary/aromatic N) is 5. The smallest absolute Gasteiger partial charge is 0.165 e. The van der Waals surface area contributed by atoms with E-state index >= 15 is 0 Å². The lowest BCUT2D eigenvalue weighted by Gasteiger charge is -2.34. The summed E-state index contributed by atoms with van der Waals surface area (Å²) >= 11 is 0. The Hall–Kier alpha value is -2.66. The highest BCUT2D eigenvalue weighted by Gasteiger charge is 2.14. The Morgan fingerprint density at radius 1 is 0.958 bits per heavy atom. The van der Waals surface area contributed by atoms with Gasteiger partial charge in [0.1, 0.15) is 11.8 Å². The van der Waals surface area contributed by atoms with Gasteiger partial charge in [-0.15, -0.1) is 0 Å². The van der Waals surface area contributed by atoms with E-state index in [2.05, 4.69) is 57.7 Å². The SMILES string of the molecule is C=Cc1ccc2ncn(-c3ccc(N4CCN(C)CC4)cc3)c2n1. The monoisotopic (exact) mass is 319 g/mol. The normalized spacial score (nSPS) is 15.8. The van der Waals surface area contributed by atoms with Gasteiger partial charge in [-0.2, -0.15) is 0 Å². The maximum Gasteiger partial charge on any atom is 0.165 e. The Morgan fingerprint density at radius 3 is 2.38 bits per heavy atom. The van der Waals surface area contributed by atoms with Crippen LogP contribution in [0.4, 0.5) is 5.69 Å². The molecule has 1 aromatic carbocycles. The molecule has 4 rings (SSSR count). The van der Waals surface area contributed by atoms with Crippen molar-refractivity contribution in [1.29, 1.82) is 0 Å². The first-order valence-electron chi connectivity index (χ1n) is 8.25. The van der Waals surface area contributed by atoms with Crippen LogP contribution in [0.3, 0.4) is 0 Å². The summed E-state index contributed by atoms with van der Waals surface area (Å²) < 4.78 is 2.02. The molecule has 0 radical (unpaired) electrons. The van der Waals surface area contributed by atoms with Crippen LogP contribution in [0.2, 0.25) is 0 Å². The molecule has 122 valence electrons. The number of aromatic nitrogens is 3. The highest BCUT2D eigenvalue weighted by atomic mass is 15.2. The Labute approximate surface area is 141 Å². The summed E-state index contributed by atoms with van der Waals surface area (Å²) in [5, 5.41) is 0. The molecule has 5 heteroatoms. The first-order valence-corrected chi connectivity index (χ1v) is 8.25. The molecule has 0 bridgehead atoms. The predicted molar refractivity (Wildman–Crippen MR) is 98.7 cm³/mol. The number of benzene rings is 1. The maximum atomic E-state index is 4.62. The van der Waals surface area contributed by atoms with Crippen LogP contribution >= 0.6 is 0 Å². The molecule has 0 saturated carbocycles. The lowest BCUT2D eigenvalue weighted by molar-refractivity contribution is 0.313. The van der Waals surface area contributed by atoms with E-state index in [1.807, 2.05) is 23.0 Å². The molecule has 1 aliphatic heterocycles. The summed E-state index contributed by atoms with van der Waals surface area (Å²) in [6.07, 6.45) is 3.59. The molecule has 0 amide bonds. The number of hydrogen-bond acceptors (Lipinski definition) is 4. The second kappa shape index (κ2) is 6.09. The van der Waals surface area contributed by atoms with Crippen LogP contribution in [0.5, 0.6) is 0 Å². The largest absolute Gasteiger partial charge is 0.369 e. The third kappa shape index (κ3) is 2.67. The second-order valence-corrected chi connectivity index (χ2v) is 6.20. The summed E-state index contributed by atoms with van der Waals surface area (Å²) in [4.78, 5) is 13.9. The van der Waals surface area contributed by atoms with Crippen molar-refractivity contribution in [2.75, 3.05) is 38.1 Å². The van der Waals surface area contributed by atoms with Crippen molar-refractivity contribution in [1.82, 2.24) is 19.4 Å². The van der Waals surface area contributed by atoms with Crippen LogP contribution in [-0.2, 0) is 0 Å². The molecule has 0 unspecified atom stereocenters. The van der Waals surface area contributed by atoms with Gasteiger partial charge in [-0.25, -0.2) is 9.97 Å². The molecule has 24 heavy (non-hydrogen) atoms. The summed E-state index contributed by atoms with van der Waals surface area (Å²) in [5.74, 6) is 0. The highest BCUT2D eigenvalue weighted by Crippen LogP contribution is 2.21. The molecule has 0 spiro atoms. The maximum absolute atomic E-state index is 4.62. The lowest BCUT2D eigenvalue weighted by Crippen LogP contribution is -2.44. The van der Waals surface area contributed by atoms with E-state index in [4.69, 9.17) is 0 Å². The number of anilines is 1. The number of hydrogen-bond donors (Lipinski definition) is 0. The third-order valence-electron chi connectivity index (χ3n) is 4.62. The molecule has 3 heterocycles. The fourth-order valence-electron chi connectivity index (χ4n) is 3.10. The second-order valence-electron chi connectivity index (χ2n) is 6.20. The van der Waals surface area contributed by atoms with Gasteiger partial charge < -0.3 is 9.80 Å². The predicted octanol–water partition coefficient (Wildman–Crippen LogP) is 2.82. The summed E-state index contributed by atoms with van der Waals surface area (Å²) in [6.45, 7) is 8.17. The number of rotatable bonds is 3. The van der Waals surface area contributed by atoms with Gasteiger partial charge in [-0.05, 0) is 49.5 Å². The Bertz CT molecular complexity index is 857. The van der Waals surface area contributed by atoms with Gasteiger partial charge in [-0.3, -0.25) is 4.57 Å². The molecular formula is C19H21N5. The number of fused-ring (bicyclic) bond motifs is 1. The minimum Gasteiger partial charge on any atom is -0.369 e. The minimum atomic E-state index is 0.860. The summed E-state index contributed by atoms with van der Waals surface area (Å²) in [6, 6.07) is 12.6. The van der Waals surface area contributed by atoms with Crippen LogP contribution in [0.25, 0.3) is 22.9 Å². The molecule has 0 N–H and O–H groups in total. The van der Waals surface area contributed by atoms with Gasteiger partial charge in [0.15, 0.2) is 5.65 Å². The van der Waals surface area contributed by atoms with Crippen LogP contribution < -0.4 is 4.90 Å². The van der Waals surface area contributed by atoms with Crippen molar-refractivity contribution >= 4 is 22.9 Å². The van der Waals surface area contributed by atoms with Crippen molar-refractivity contribution < 1.29 is 0 Å². The van der Waals surface area contributed by atoms with Gasteiger partial charge in [-0.1, -0.05) is 6.58 Å². The zero-order valence-electron chi connectivity index (χ0n) is 13.9. The molecule has 1 fully saturated rings. The highest BCUT2D eigenvalue weighted by molar-refractivity contribution is 5.74. The minimum absolute atomic E-state index is 0.860. The van der Waals surface area contributed by atoms with Gasteiger partial charge in [0.25, 0.3) is 0 Å². The van der Waals surface area contributed by atoms with Gasteiger partial charge in [0.05, 0.1) is 5.69 Å². The van der Waals surface area contributed by atoms with E-state index in [-0.39, 0.29) is 0 Å². The van der Waals surface area contributed by atoms with Gasteiger partial charge in [0.2, 0.25) is 0 Å². The number of pyridine rings is 1. The van der Waals surface area contributed by atoms with E-state index in [1.54, 1.807) is 6.08 Å². The fourth-order valence-corrected chi connectivity index (χ4v) is 3.10. The zero-order chi connectivity index (χ0) is 16.5. The number of likely N-dealkylation sites (N-methyl/N-ethyl adjacent to an activating group) is 1. The fraction of sp³-hybridized carbons (Fsp3) is 0.263. The van der Waals surface area contributed by atoms with Crippen molar-refractivity contribution in [3.8, 4) is 5.69 Å². The van der Waals surface area contributed by atoms with Crippen LogP contribution in [0, 0.1) is 0 Å². The van der Waals surface area contributed by atoms with Gasteiger partial charge >= 0.3 is 0 Å². The Kier molecular flexibility index (Phi) is 3.78. The molecule has 1 saturated heterocycles. The van der Waals surface area contributed by atoms with Crippen LogP contribution in [-0.4, -0.2) is 52.7 Å². The van der Waals surface area contributed by atoms with Crippen molar-refractivity contribution in [3.05, 3.63) is 55.0 Å². The van der Waals surface area contributed by atoms with E-state index in [0.29, 0.717) is 0 Å². The molecule has 0 atom stereocenters. The first kappa shape index (κ1) is 14.9. The van der Waals surface area contributed by atoms with E-state index in [0.717, 1.165) is 48.7 Å². The van der Waals surface area contributed by atoms with Gasteiger partial charge in [0, 0.05) is 37.6 Å². The molecule has 5 nitrogen and oxygen atoms in total. The standard InChI is InChI=1S/C19H21N5/c1-3-15-4-9-18-19(21-15)24(14-20-18)17-7-5-16(6-8-17)23-12-10-22(2)11-13-23/h3-9,14H,1,10-13H2,2H3. The van der Waals surface area contributed by atoms with Crippen LogP contribution in [0.1, 0.15) is 5.69 Å². The molecule has 3 aromatic rings. The summed E-state index contributed by atoms with van der Waals surface area (Å²) in [5.41, 5.74) is 4.96. The van der Waals surface area contributed by atoms with Crippen molar-refractivity contribution in [2.45, 2.75) is 0 Å². The number of imidazole rings is 1. The van der Waals surface area contributed by atoms with E-state index in [9.17, 15) is 0 Å². The quantitative estimate of drug-likeness (QED) is 0.744. The zero-order valence-corrected chi connectivity index (χ0v) is 13.9. The molecule has 0 aliphatic carbocycles. The summed E-state index contributed by atoms with van der Waals surface area (Å²) in [7, 11) is 2.18. The van der Waals surface area contributed by atoms with Crippen molar-refractivity contribution in [3.63, 3.8) is 0 Å². The average Bonchev–Trinajstić information content (AvgIpc) is 3.05. The number of piperazine rings is 1. The van der Waals surface area contributed by atoms with Crippen LogP contribution in [0.15, 0.2) is 49.3 Å². The van der Waals surface area contributed by atoms with E-state index in [1.165, 1.54) is 5.69 Å². The van der Waals surface area contributed by atoms with E-state index < -0.39 is 0 Å². The molecular weight excluding hydrogens is 298 g/mol. The molecule has 2 aromatic heterocycles. The molecule has 1 aliphatic rings. The lowest BCUT2D eigenvalue weighted by atomic mass is 10.2. The Morgan fingerprint density at radius 2 is 1.67 bits per heavy atom. The topological polar surface area (TPSA) is 37.2 Å². The average molecular weight is 319 g/mol. The Balaban J connectivity index is 1.64. The first-order chi connectivity index (χ1) is 11.7.